The molecule has 2 heterocycles. The minimum absolute atomic E-state index is 0.0884. The summed E-state index contributed by atoms with van der Waals surface area (Å²) in [7, 11) is 0. The van der Waals surface area contributed by atoms with Crippen LogP contribution in [-0.4, -0.2) is 50.9 Å². The third-order valence-electron chi connectivity index (χ3n) is 3.26. The normalized spacial score (nSPS) is 16.5. The van der Waals surface area contributed by atoms with E-state index in [2.05, 4.69) is 9.94 Å². The van der Waals surface area contributed by atoms with Gasteiger partial charge in [0.15, 0.2) is 5.54 Å². The Morgan fingerprint density at radius 1 is 1.59 bits per heavy atom. The highest BCUT2D eigenvalue weighted by atomic mass is 16.6. The van der Waals surface area contributed by atoms with Crippen LogP contribution in [0.4, 0.5) is 10.5 Å². The van der Waals surface area contributed by atoms with Crippen LogP contribution in [0, 0.1) is 16.7 Å². The van der Waals surface area contributed by atoms with Crippen LogP contribution in [0.5, 0.6) is 0 Å². The number of ether oxygens (including phenoxy) is 1. The molecule has 0 saturated carbocycles. The van der Waals surface area contributed by atoms with Crippen molar-refractivity contribution in [3.63, 3.8) is 0 Å². The summed E-state index contributed by atoms with van der Waals surface area (Å²) in [5, 5.41) is 14.7. The second-order valence-electron chi connectivity index (χ2n) is 6.28. The van der Waals surface area contributed by atoms with Crippen molar-refractivity contribution in [2.24, 2.45) is 0 Å². The zero-order valence-corrected chi connectivity index (χ0v) is 12.6. The third kappa shape index (κ3) is 3.00. The molecule has 0 atom stereocenters. The molecule has 9 heteroatoms. The summed E-state index contributed by atoms with van der Waals surface area (Å²) in [6, 6.07) is 0. The van der Waals surface area contributed by atoms with E-state index < -0.39 is 22.2 Å². The minimum atomic E-state index is -0.729. The topological polar surface area (TPSA) is 94.9 Å². The smallest absolute Gasteiger partial charge is 0.410 e. The highest BCUT2D eigenvalue weighted by Crippen LogP contribution is 2.31. The first kappa shape index (κ1) is 15.8. The molecule has 0 bridgehead atoms. The maximum atomic E-state index is 12.0. The number of carbonyl (C=O) groups excluding carboxylic acids is 1. The molecule has 0 unspecified atom stereocenters. The lowest BCUT2D eigenvalue weighted by Crippen LogP contribution is -2.66. The average Bonchev–Trinajstić information content (AvgIpc) is 2.80. The van der Waals surface area contributed by atoms with E-state index in [4.69, 9.17) is 11.3 Å². The predicted octanol–water partition coefficient (Wildman–Crippen LogP) is 1.66. The SMILES string of the molecule is [C-]#[N+]CC1(n2cc([N+](=O)[O-])cn2)CN(C(=O)OC(C)(C)C)C1. The van der Waals surface area contributed by atoms with Crippen LogP contribution in [0.25, 0.3) is 4.85 Å². The quantitative estimate of drug-likeness (QED) is 0.481. The standard InChI is InChI=1S/C13H17N5O4/c1-12(2,3)22-11(19)16-8-13(9-16,7-14-4)17-6-10(5-15-17)18(20)21/h5-6H,7-9H2,1-3H3. The number of nitrogens with zero attached hydrogens (tertiary/aromatic N) is 5. The maximum absolute atomic E-state index is 12.0. The third-order valence-corrected chi connectivity index (χ3v) is 3.26. The van der Waals surface area contributed by atoms with Crippen LogP contribution in [0.15, 0.2) is 12.4 Å². The van der Waals surface area contributed by atoms with Crippen molar-refractivity contribution in [2.75, 3.05) is 19.6 Å². The number of hydrogen-bond donors (Lipinski definition) is 0. The van der Waals surface area contributed by atoms with Crippen molar-refractivity contribution in [3.05, 3.63) is 33.9 Å². The van der Waals surface area contributed by atoms with E-state index in [1.54, 1.807) is 20.8 Å². The molecule has 0 aromatic carbocycles. The highest BCUT2D eigenvalue weighted by Gasteiger charge is 2.52. The summed E-state index contributed by atoms with van der Waals surface area (Å²) in [5.74, 6) is 0. The summed E-state index contributed by atoms with van der Waals surface area (Å²) in [4.78, 5) is 27.0. The number of aromatic nitrogens is 2. The van der Waals surface area contributed by atoms with Gasteiger partial charge in [0.2, 0.25) is 6.54 Å². The molecule has 1 aliphatic rings. The van der Waals surface area contributed by atoms with E-state index in [1.807, 2.05) is 0 Å². The van der Waals surface area contributed by atoms with Gasteiger partial charge in [0.05, 0.1) is 18.0 Å². The van der Waals surface area contributed by atoms with Crippen molar-refractivity contribution in [2.45, 2.75) is 31.9 Å². The Kier molecular flexibility index (Phi) is 3.79. The number of likely N-dealkylation sites (tertiary alicyclic amines) is 1. The Morgan fingerprint density at radius 3 is 2.68 bits per heavy atom. The Hall–Kier alpha value is -2.63. The first-order chi connectivity index (χ1) is 10.2. The Balaban J connectivity index is 2.12. The molecular weight excluding hydrogens is 290 g/mol. The van der Waals surface area contributed by atoms with Gasteiger partial charge in [0.25, 0.3) is 0 Å². The molecule has 118 valence electrons. The maximum Gasteiger partial charge on any atom is 0.410 e. The van der Waals surface area contributed by atoms with Crippen LogP contribution < -0.4 is 0 Å². The average molecular weight is 307 g/mol. The van der Waals surface area contributed by atoms with Crippen molar-refractivity contribution in [1.82, 2.24) is 14.7 Å². The zero-order chi connectivity index (χ0) is 16.5. The lowest BCUT2D eigenvalue weighted by atomic mass is 9.90. The van der Waals surface area contributed by atoms with Gasteiger partial charge in [0, 0.05) is 0 Å². The molecule has 1 aromatic rings. The van der Waals surface area contributed by atoms with Gasteiger partial charge in [-0.25, -0.2) is 16.0 Å². The van der Waals surface area contributed by atoms with Gasteiger partial charge >= 0.3 is 11.8 Å². The lowest BCUT2D eigenvalue weighted by Gasteiger charge is -2.46. The Bertz CT molecular complexity index is 634. The summed E-state index contributed by atoms with van der Waals surface area (Å²) in [6.45, 7) is 13.0. The first-order valence-corrected chi connectivity index (χ1v) is 6.68. The van der Waals surface area contributed by atoms with E-state index in [9.17, 15) is 14.9 Å². The molecule has 0 N–H and O–H groups in total. The Morgan fingerprint density at radius 2 is 2.23 bits per heavy atom. The molecule has 0 radical (unpaired) electrons. The fourth-order valence-electron chi connectivity index (χ4n) is 2.25. The summed E-state index contributed by atoms with van der Waals surface area (Å²) in [5.41, 5.74) is -1.47. The molecule has 2 rings (SSSR count). The van der Waals surface area contributed by atoms with E-state index in [1.165, 1.54) is 15.8 Å². The minimum Gasteiger partial charge on any atom is -0.444 e. The van der Waals surface area contributed by atoms with Crippen LogP contribution in [-0.2, 0) is 10.3 Å². The van der Waals surface area contributed by atoms with Crippen molar-refractivity contribution in [1.29, 1.82) is 0 Å². The van der Waals surface area contributed by atoms with Crippen molar-refractivity contribution < 1.29 is 14.5 Å². The second kappa shape index (κ2) is 5.29. The van der Waals surface area contributed by atoms with Crippen LogP contribution in [0.2, 0.25) is 0 Å². The molecule has 22 heavy (non-hydrogen) atoms. The fourth-order valence-corrected chi connectivity index (χ4v) is 2.25. The summed E-state index contributed by atoms with van der Waals surface area (Å²) >= 11 is 0. The van der Waals surface area contributed by atoms with Gasteiger partial charge in [-0.1, -0.05) is 0 Å². The van der Waals surface area contributed by atoms with Crippen molar-refractivity contribution >= 4 is 11.8 Å². The van der Waals surface area contributed by atoms with Gasteiger partial charge in [-0.15, -0.1) is 0 Å². The molecule has 0 spiro atoms. The zero-order valence-electron chi connectivity index (χ0n) is 12.6. The molecule has 1 amide bonds. The molecule has 0 aliphatic carbocycles. The number of amides is 1. The monoisotopic (exact) mass is 307 g/mol. The van der Waals surface area contributed by atoms with Crippen LogP contribution >= 0.6 is 0 Å². The van der Waals surface area contributed by atoms with E-state index in [0.717, 1.165) is 6.20 Å². The van der Waals surface area contributed by atoms with E-state index in [-0.39, 0.29) is 25.3 Å². The number of rotatable bonds is 3. The number of hydrogen-bond acceptors (Lipinski definition) is 5. The van der Waals surface area contributed by atoms with Crippen molar-refractivity contribution in [3.8, 4) is 0 Å². The van der Waals surface area contributed by atoms with Gasteiger partial charge in [-0.2, -0.15) is 5.10 Å². The molecule has 1 fully saturated rings. The van der Waals surface area contributed by atoms with Gasteiger partial charge in [0.1, 0.15) is 18.0 Å². The summed E-state index contributed by atoms with van der Waals surface area (Å²) < 4.78 is 6.67. The highest BCUT2D eigenvalue weighted by molar-refractivity contribution is 5.69. The molecule has 1 aliphatic heterocycles. The molecular formula is C13H17N5O4. The van der Waals surface area contributed by atoms with E-state index >= 15 is 0 Å². The first-order valence-electron chi connectivity index (χ1n) is 6.68. The summed E-state index contributed by atoms with van der Waals surface area (Å²) in [6.07, 6.45) is 1.97. The van der Waals surface area contributed by atoms with Crippen LogP contribution in [0.1, 0.15) is 20.8 Å². The molecule has 1 aromatic heterocycles. The van der Waals surface area contributed by atoms with Gasteiger partial charge in [-0.05, 0) is 20.8 Å². The molecule has 9 nitrogen and oxygen atoms in total. The lowest BCUT2D eigenvalue weighted by molar-refractivity contribution is -0.385. The van der Waals surface area contributed by atoms with Crippen LogP contribution in [0.3, 0.4) is 0 Å². The largest absolute Gasteiger partial charge is 0.444 e. The fraction of sp³-hybridized carbons (Fsp3) is 0.615. The van der Waals surface area contributed by atoms with E-state index in [0.29, 0.717) is 0 Å². The number of carbonyl (C=O) groups is 1. The second-order valence-corrected chi connectivity index (χ2v) is 6.28. The number of nitro groups is 1. The van der Waals surface area contributed by atoms with Gasteiger partial charge < -0.3 is 14.5 Å². The Labute approximate surface area is 127 Å². The molecule has 1 saturated heterocycles. The predicted molar refractivity (Wildman–Crippen MR) is 76.1 cm³/mol. The van der Waals surface area contributed by atoms with Gasteiger partial charge in [-0.3, -0.25) is 10.1 Å².